The van der Waals surface area contributed by atoms with Gasteiger partial charge in [-0.1, -0.05) is 43.2 Å². The lowest BCUT2D eigenvalue weighted by molar-refractivity contribution is 0.101. The predicted molar refractivity (Wildman–Crippen MR) is 115 cm³/mol. The fourth-order valence-corrected chi connectivity index (χ4v) is 5.11. The average molecular weight is 549 g/mol. The van der Waals surface area contributed by atoms with E-state index in [-0.39, 0.29) is 26.8 Å². The van der Waals surface area contributed by atoms with Crippen LogP contribution >= 0.6 is 49.5 Å². The van der Waals surface area contributed by atoms with Crippen LogP contribution in [0.4, 0.5) is 19.4 Å². The molecule has 0 radical (unpaired) electrons. The van der Waals surface area contributed by atoms with Gasteiger partial charge in [0.15, 0.2) is 5.78 Å². The molecule has 1 aromatic heterocycles. The van der Waals surface area contributed by atoms with Crippen LogP contribution in [-0.4, -0.2) is 10.8 Å². The van der Waals surface area contributed by atoms with Crippen LogP contribution in [0.1, 0.15) is 22.8 Å². The van der Waals surface area contributed by atoms with E-state index in [4.69, 9.17) is 11.6 Å². The number of nitrogens with one attached hydrogen (secondary N) is 1. The number of thioether (sulfide) groups is 1. The highest BCUT2D eigenvalue weighted by Crippen LogP contribution is 3.02. The first-order valence-corrected chi connectivity index (χ1v) is 12.2. The molecule has 2 aromatic carbocycles. The molecule has 1 N–H and O–H groups in total. The average Bonchev–Trinajstić information content (AvgIpc) is 2.61. The zero-order valence-corrected chi connectivity index (χ0v) is 18.9. The van der Waals surface area contributed by atoms with Crippen molar-refractivity contribution in [2.75, 3.05) is 0 Å². The second-order valence-corrected chi connectivity index (χ2v) is 11.1. The predicted octanol–water partition coefficient (Wildman–Crippen LogP) is 8.10. The standard InChI is InChI=1S/C18H12BrClF5NO2S2/c1-9(27)14-17(28)15-13(20)7-6-12(19)16(15)26-18(14)29-8-10-2-4-11(5-3-10)30(21,22,23,24)25/h2-7H,8H2,1H3,(H,26,28). The lowest BCUT2D eigenvalue weighted by Crippen LogP contribution is -2.17. The largest absolute Gasteiger partial charge is 0.348 e. The van der Waals surface area contributed by atoms with Crippen molar-refractivity contribution in [3.8, 4) is 0 Å². The van der Waals surface area contributed by atoms with Gasteiger partial charge in [0, 0.05) is 10.2 Å². The molecule has 3 aromatic rings. The van der Waals surface area contributed by atoms with Gasteiger partial charge in [-0.25, -0.2) is 0 Å². The van der Waals surface area contributed by atoms with Crippen molar-refractivity contribution in [2.45, 2.75) is 22.6 Å². The molecule has 0 aliphatic carbocycles. The van der Waals surface area contributed by atoms with Gasteiger partial charge in [0.25, 0.3) is 0 Å². The minimum atomic E-state index is -9.74. The minimum Gasteiger partial charge on any atom is -0.348 e. The van der Waals surface area contributed by atoms with E-state index in [0.717, 1.165) is 23.9 Å². The molecule has 0 atom stereocenters. The number of aromatic amines is 1. The molecule has 0 aliphatic rings. The number of fused-ring (bicyclic) bond motifs is 1. The number of H-pyrrole nitrogens is 1. The van der Waals surface area contributed by atoms with E-state index in [1.807, 2.05) is 0 Å². The summed E-state index contributed by atoms with van der Waals surface area (Å²) in [5.41, 5.74) is -0.0695. The van der Waals surface area contributed by atoms with Gasteiger partial charge in [-0.05, 0) is 52.7 Å². The number of benzene rings is 2. The second-order valence-electron chi connectivity index (χ2n) is 6.40. The highest BCUT2D eigenvalue weighted by atomic mass is 79.9. The Morgan fingerprint density at radius 3 is 2.23 bits per heavy atom. The monoisotopic (exact) mass is 547 g/mol. The van der Waals surface area contributed by atoms with Crippen LogP contribution in [-0.2, 0) is 5.75 Å². The third-order valence-corrected chi connectivity index (χ3v) is 7.34. The summed E-state index contributed by atoms with van der Waals surface area (Å²) in [6.45, 7) is 1.20. The summed E-state index contributed by atoms with van der Waals surface area (Å²) >= 11 is 10.4. The topological polar surface area (TPSA) is 49.9 Å². The molecule has 162 valence electrons. The Bertz CT molecular complexity index is 1250. The van der Waals surface area contributed by atoms with Gasteiger partial charge in [-0.3, -0.25) is 9.59 Å². The molecule has 30 heavy (non-hydrogen) atoms. The Labute approximate surface area is 184 Å². The summed E-state index contributed by atoms with van der Waals surface area (Å²) in [5, 5.41) is 0.473. The van der Waals surface area contributed by atoms with E-state index < -0.39 is 26.3 Å². The number of aromatic nitrogens is 1. The quantitative estimate of drug-likeness (QED) is 0.199. The van der Waals surface area contributed by atoms with Crippen molar-refractivity contribution < 1.29 is 24.2 Å². The maximum atomic E-state index is 12.8. The van der Waals surface area contributed by atoms with Gasteiger partial charge in [-0.15, -0.1) is 11.8 Å². The highest BCUT2D eigenvalue weighted by molar-refractivity contribution is 9.10. The Balaban J connectivity index is 2.01. The number of hydrogen-bond acceptors (Lipinski definition) is 3. The zero-order chi connectivity index (χ0) is 22.5. The first kappa shape index (κ1) is 23.1. The van der Waals surface area contributed by atoms with Crippen molar-refractivity contribution in [3.05, 3.63) is 67.2 Å². The van der Waals surface area contributed by atoms with Crippen molar-refractivity contribution in [3.63, 3.8) is 0 Å². The Morgan fingerprint density at radius 2 is 1.70 bits per heavy atom. The molecule has 3 rings (SSSR count). The number of ketones is 1. The summed E-state index contributed by atoms with van der Waals surface area (Å²) in [6.07, 6.45) is 0. The highest BCUT2D eigenvalue weighted by Gasteiger charge is 2.65. The van der Waals surface area contributed by atoms with Crippen molar-refractivity contribution >= 4 is 66.2 Å². The molecule has 0 unspecified atom stereocenters. The van der Waals surface area contributed by atoms with Crippen LogP contribution < -0.4 is 5.43 Å². The lowest BCUT2D eigenvalue weighted by Gasteiger charge is -2.40. The van der Waals surface area contributed by atoms with Crippen LogP contribution in [0.25, 0.3) is 10.9 Å². The molecular formula is C18H12BrClF5NO2S2. The number of pyridine rings is 1. The fourth-order valence-electron chi connectivity index (χ4n) is 2.73. The van der Waals surface area contributed by atoms with Crippen molar-refractivity contribution in [2.24, 2.45) is 0 Å². The Morgan fingerprint density at radius 1 is 1.10 bits per heavy atom. The number of carbonyl (C=O) groups excluding carboxylic acids is 1. The van der Waals surface area contributed by atoms with Crippen molar-refractivity contribution in [1.82, 2.24) is 4.98 Å². The SMILES string of the molecule is CC(=O)c1c(SCc2ccc(S(F)(F)(F)(F)F)cc2)[nH]c2c(Br)ccc(Cl)c2c1=O. The van der Waals surface area contributed by atoms with Gasteiger partial charge < -0.3 is 4.98 Å². The minimum absolute atomic E-state index is 0.0283. The van der Waals surface area contributed by atoms with Gasteiger partial charge in [0.2, 0.25) is 5.43 Å². The molecule has 0 amide bonds. The van der Waals surface area contributed by atoms with Crippen LogP contribution in [0, 0.1) is 0 Å². The molecule has 0 saturated heterocycles. The molecule has 0 saturated carbocycles. The van der Waals surface area contributed by atoms with Crippen LogP contribution in [0.5, 0.6) is 0 Å². The van der Waals surface area contributed by atoms with Crippen LogP contribution in [0.3, 0.4) is 0 Å². The van der Waals surface area contributed by atoms with Gasteiger partial charge in [0.05, 0.1) is 26.5 Å². The third kappa shape index (κ3) is 4.68. The maximum Gasteiger partial charge on any atom is 0.310 e. The summed E-state index contributed by atoms with van der Waals surface area (Å²) in [4.78, 5) is 25.9. The van der Waals surface area contributed by atoms with E-state index in [1.54, 1.807) is 6.07 Å². The fraction of sp³-hybridized carbons (Fsp3) is 0.111. The van der Waals surface area contributed by atoms with Gasteiger partial charge >= 0.3 is 10.2 Å². The summed E-state index contributed by atoms with van der Waals surface area (Å²) in [5.74, 6) is -0.492. The smallest absolute Gasteiger partial charge is 0.310 e. The number of hydrogen-bond donors (Lipinski definition) is 1. The van der Waals surface area contributed by atoms with E-state index in [1.165, 1.54) is 13.0 Å². The number of halogens is 7. The molecule has 1 heterocycles. The molecule has 0 bridgehead atoms. The summed E-state index contributed by atoms with van der Waals surface area (Å²) in [6, 6.07) is 5.62. The van der Waals surface area contributed by atoms with E-state index >= 15 is 0 Å². The van der Waals surface area contributed by atoms with E-state index in [2.05, 4.69) is 20.9 Å². The second kappa shape index (κ2) is 6.98. The Kier molecular flexibility index (Phi) is 5.37. The summed E-state index contributed by atoms with van der Waals surface area (Å²) in [7, 11) is -9.74. The van der Waals surface area contributed by atoms with E-state index in [0.29, 0.717) is 27.7 Å². The van der Waals surface area contributed by atoms with Gasteiger partial charge in [-0.2, -0.15) is 0 Å². The normalized spacial score (nSPS) is 14.4. The molecule has 0 spiro atoms. The lowest BCUT2D eigenvalue weighted by atomic mass is 10.1. The zero-order valence-electron chi connectivity index (χ0n) is 14.9. The van der Waals surface area contributed by atoms with Crippen molar-refractivity contribution in [1.29, 1.82) is 0 Å². The molecule has 0 aliphatic heterocycles. The number of Topliss-reactive ketones (excluding diaryl/α,β-unsaturated/α-hetero) is 1. The molecule has 0 fully saturated rings. The van der Waals surface area contributed by atoms with Crippen LogP contribution in [0.15, 0.2) is 55.6 Å². The number of carbonyl (C=O) groups is 1. The first-order valence-electron chi connectivity index (χ1n) is 8.09. The molecule has 12 heteroatoms. The maximum absolute atomic E-state index is 12.8. The molecule has 3 nitrogen and oxygen atoms in total. The molecular weight excluding hydrogens is 537 g/mol. The summed E-state index contributed by atoms with van der Waals surface area (Å²) < 4.78 is 64.7. The first-order chi connectivity index (χ1) is 13.6. The Hall–Kier alpha value is -1.56. The van der Waals surface area contributed by atoms with Crippen LogP contribution in [0.2, 0.25) is 5.02 Å². The number of rotatable bonds is 5. The van der Waals surface area contributed by atoms with Gasteiger partial charge in [0.1, 0.15) is 4.90 Å². The third-order valence-electron chi connectivity index (χ3n) is 4.13. The van der Waals surface area contributed by atoms with E-state index in [9.17, 15) is 29.0 Å².